The highest BCUT2D eigenvalue weighted by atomic mass is 79.9. The van der Waals surface area contributed by atoms with Crippen molar-refractivity contribution in [2.24, 2.45) is 0 Å². The van der Waals surface area contributed by atoms with Gasteiger partial charge in [0, 0.05) is 12.7 Å². The largest absolute Gasteiger partial charge is 0.484 e. The number of benzene rings is 1. The van der Waals surface area contributed by atoms with Crippen LogP contribution in [0.3, 0.4) is 0 Å². The van der Waals surface area contributed by atoms with Crippen LogP contribution in [0.4, 0.5) is 0 Å². The maximum atomic E-state index is 12.3. The van der Waals surface area contributed by atoms with Crippen molar-refractivity contribution in [3.63, 3.8) is 0 Å². The Balaban J connectivity index is 1.58. The molecule has 0 aliphatic rings. The van der Waals surface area contributed by atoms with Crippen molar-refractivity contribution in [3.05, 3.63) is 68.8 Å². The molecule has 0 saturated carbocycles. The summed E-state index contributed by atoms with van der Waals surface area (Å²) in [6.45, 7) is 5.17. The van der Waals surface area contributed by atoms with Gasteiger partial charge >= 0.3 is 0 Å². The van der Waals surface area contributed by atoms with Crippen molar-refractivity contribution in [3.8, 4) is 5.75 Å². The highest BCUT2D eigenvalue weighted by molar-refractivity contribution is 9.10. The third-order valence-electron chi connectivity index (χ3n) is 3.94. The van der Waals surface area contributed by atoms with Gasteiger partial charge in [-0.3, -0.25) is 9.48 Å². The van der Waals surface area contributed by atoms with Gasteiger partial charge in [0.15, 0.2) is 5.76 Å². The van der Waals surface area contributed by atoms with Crippen LogP contribution in [-0.4, -0.2) is 15.7 Å². The maximum absolute atomic E-state index is 12.3. The number of hydrogen-bond acceptors (Lipinski definition) is 4. The number of rotatable bonds is 7. The molecule has 1 amide bonds. The Bertz CT molecular complexity index is 931. The third kappa shape index (κ3) is 4.73. The fourth-order valence-corrected chi connectivity index (χ4v) is 3.22. The van der Waals surface area contributed by atoms with Gasteiger partial charge in [-0.1, -0.05) is 23.7 Å². The minimum atomic E-state index is -0.312. The van der Waals surface area contributed by atoms with E-state index in [0.29, 0.717) is 23.1 Å². The molecule has 1 aromatic carbocycles. The van der Waals surface area contributed by atoms with Crippen molar-refractivity contribution in [2.45, 2.75) is 33.5 Å². The normalized spacial score (nSPS) is 10.8. The lowest BCUT2D eigenvalue weighted by molar-refractivity contribution is 0.0918. The van der Waals surface area contributed by atoms with Crippen molar-refractivity contribution in [2.75, 3.05) is 0 Å². The fraction of sp³-hybridized carbons (Fsp3) is 0.263. The first-order chi connectivity index (χ1) is 13.0. The minimum absolute atomic E-state index is 0.185. The molecular weight excluding hydrogens is 434 g/mol. The van der Waals surface area contributed by atoms with Crippen LogP contribution in [-0.2, 0) is 19.7 Å². The predicted octanol–water partition coefficient (Wildman–Crippen LogP) is 4.73. The second kappa shape index (κ2) is 8.63. The number of nitrogens with one attached hydrogen (secondary N) is 1. The highest BCUT2D eigenvalue weighted by Crippen LogP contribution is 2.28. The standard InChI is InChI=1S/C19H19BrClN3O3/c1-3-24-10-14(20)16(23-24)9-22-19(25)17-8-7-13(27-17)11-26-18-12(2)5-4-6-15(18)21/h4-8,10H,3,9,11H2,1-2H3,(H,22,25). The van der Waals surface area contributed by atoms with E-state index in [4.69, 9.17) is 20.8 Å². The maximum Gasteiger partial charge on any atom is 0.287 e. The van der Waals surface area contributed by atoms with E-state index in [1.165, 1.54) is 0 Å². The summed E-state index contributed by atoms with van der Waals surface area (Å²) in [5.74, 6) is 1.05. The summed E-state index contributed by atoms with van der Waals surface area (Å²) in [6, 6.07) is 8.88. The summed E-state index contributed by atoms with van der Waals surface area (Å²) in [6.07, 6.45) is 1.88. The van der Waals surface area contributed by atoms with E-state index >= 15 is 0 Å². The second-order valence-corrected chi connectivity index (χ2v) is 7.16. The van der Waals surface area contributed by atoms with Gasteiger partial charge in [-0.05, 0) is 53.5 Å². The Hall–Kier alpha value is -2.25. The topological polar surface area (TPSA) is 69.3 Å². The number of aromatic nitrogens is 2. The number of amides is 1. The summed E-state index contributed by atoms with van der Waals surface area (Å²) in [5.41, 5.74) is 1.69. The summed E-state index contributed by atoms with van der Waals surface area (Å²) in [7, 11) is 0. The van der Waals surface area contributed by atoms with Crippen LogP contribution in [0.15, 0.2) is 45.4 Å². The Kier molecular flexibility index (Phi) is 6.23. The van der Waals surface area contributed by atoms with E-state index in [-0.39, 0.29) is 18.3 Å². The van der Waals surface area contributed by atoms with E-state index < -0.39 is 0 Å². The van der Waals surface area contributed by atoms with Gasteiger partial charge in [-0.15, -0.1) is 0 Å². The number of hydrogen-bond donors (Lipinski definition) is 1. The molecule has 0 unspecified atom stereocenters. The molecule has 27 heavy (non-hydrogen) atoms. The van der Waals surface area contributed by atoms with E-state index in [0.717, 1.165) is 22.3 Å². The van der Waals surface area contributed by atoms with Gasteiger partial charge in [-0.2, -0.15) is 5.10 Å². The molecule has 0 radical (unpaired) electrons. The molecule has 0 aliphatic carbocycles. The average molecular weight is 453 g/mol. The van der Waals surface area contributed by atoms with Crippen molar-refractivity contribution in [1.82, 2.24) is 15.1 Å². The van der Waals surface area contributed by atoms with Gasteiger partial charge in [0.2, 0.25) is 0 Å². The number of ether oxygens (including phenoxy) is 1. The van der Waals surface area contributed by atoms with Gasteiger partial charge < -0.3 is 14.5 Å². The Morgan fingerprint density at radius 3 is 2.89 bits per heavy atom. The summed E-state index contributed by atoms with van der Waals surface area (Å²) >= 11 is 9.58. The van der Waals surface area contributed by atoms with Gasteiger partial charge in [0.05, 0.1) is 21.7 Å². The first-order valence-electron chi connectivity index (χ1n) is 8.44. The quantitative estimate of drug-likeness (QED) is 0.563. The zero-order valence-electron chi connectivity index (χ0n) is 15.0. The molecule has 6 nitrogen and oxygen atoms in total. The number of carbonyl (C=O) groups is 1. The lowest BCUT2D eigenvalue weighted by Crippen LogP contribution is -2.22. The molecule has 1 N–H and O–H groups in total. The van der Waals surface area contributed by atoms with Crippen LogP contribution < -0.4 is 10.1 Å². The van der Waals surface area contributed by atoms with Crippen molar-refractivity contribution in [1.29, 1.82) is 0 Å². The predicted molar refractivity (Wildman–Crippen MR) is 106 cm³/mol. The van der Waals surface area contributed by atoms with Crippen LogP contribution in [0.25, 0.3) is 0 Å². The number of carbonyl (C=O) groups excluding carboxylic acids is 1. The molecule has 0 saturated heterocycles. The molecule has 2 heterocycles. The summed E-state index contributed by atoms with van der Waals surface area (Å²) in [5, 5.41) is 7.71. The first kappa shape index (κ1) is 19.5. The van der Waals surface area contributed by atoms with Gasteiger partial charge in [-0.25, -0.2) is 0 Å². The second-order valence-electron chi connectivity index (χ2n) is 5.90. The van der Waals surface area contributed by atoms with E-state index in [9.17, 15) is 4.79 Å². The molecule has 8 heteroatoms. The van der Waals surface area contributed by atoms with Crippen LogP contribution in [0, 0.1) is 6.92 Å². The number of aryl methyl sites for hydroxylation is 2. The lowest BCUT2D eigenvalue weighted by Gasteiger charge is -2.09. The van der Waals surface area contributed by atoms with Crippen LogP contribution >= 0.6 is 27.5 Å². The Morgan fingerprint density at radius 1 is 1.37 bits per heavy atom. The van der Waals surface area contributed by atoms with E-state index in [2.05, 4.69) is 26.3 Å². The lowest BCUT2D eigenvalue weighted by atomic mass is 10.2. The molecular formula is C19H19BrClN3O3. The van der Waals surface area contributed by atoms with Crippen LogP contribution in [0.1, 0.15) is 34.5 Å². The number of para-hydroxylation sites is 1. The average Bonchev–Trinajstić information content (AvgIpc) is 3.26. The zero-order chi connectivity index (χ0) is 19.4. The molecule has 142 valence electrons. The molecule has 2 aromatic heterocycles. The Labute approximate surface area is 170 Å². The van der Waals surface area contributed by atoms with E-state index in [1.54, 1.807) is 22.9 Å². The number of furan rings is 1. The van der Waals surface area contributed by atoms with Crippen molar-refractivity contribution < 1.29 is 13.9 Å². The first-order valence-corrected chi connectivity index (χ1v) is 9.61. The molecule has 0 spiro atoms. The van der Waals surface area contributed by atoms with Gasteiger partial charge in [0.25, 0.3) is 5.91 Å². The SMILES string of the molecule is CCn1cc(Br)c(CNC(=O)c2ccc(COc3c(C)cccc3Cl)o2)n1. The smallest absolute Gasteiger partial charge is 0.287 e. The monoisotopic (exact) mass is 451 g/mol. The van der Waals surface area contributed by atoms with Gasteiger partial charge in [0.1, 0.15) is 18.1 Å². The van der Waals surface area contributed by atoms with Crippen LogP contribution in [0.5, 0.6) is 5.75 Å². The van der Waals surface area contributed by atoms with Crippen molar-refractivity contribution >= 4 is 33.4 Å². The molecule has 0 fully saturated rings. The molecule has 0 bridgehead atoms. The van der Waals surface area contributed by atoms with E-state index in [1.807, 2.05) is 32.2 Å². The molecule has 0 atom stereocenters. The van der Waals surface area contributed by atoms with Crippen LogP contribution in [0.2, 0.25) is 5.02 Å². The molecule has 3 aromatic rings. The minimum Gasteiger partial charge on any atom is -0.484 e. The summed E-state index contributed by atoms with van der Waals surface area (Å²) in [4.78, 5) is 12.3. The third-order valence-corrected chi connectivity index (χ3v) is 4.90. The molecule has 3 rings (SSSR count). The number of nitrogens with zero attached hydrogens (tertiary/aromatic N) is 2. The summed E-state index contributed by atoms with van der Waals surface area (Å²) < 4.78 is 14.0. The fourth-order valence-electron chi connectivity index (χ4n) is 2.49. The zero-order valence-corrected chi connectivity index (χ0v) is 17.3. The number of halogens is 2. The highest BCUT2D eigenvalue weighted by Gasteiger charge is 2.14. The Morgan fingerprint density at radius 2 is 2.19 bits per heavy atom. The molecule has 0 aliphatic heterocycles.